The van der Waals surface area contributed by atoms with Crippen molar-refractivity contribution in [3.63, 3.8) is 0 Å². The molecule has 1 N–H and O–H groups in total. The molecule has 0 aliphatic carbocycles. The molecule has 14 heavy (non-hydrogen) atoms. The number of thiazole rings is 1. The summed E-state index contributed by atoms with van der Waals surface area (Å²) in [5.41, 5.74) is 0. The first-order chi connectivity index (χ1) is 6.50. The topological polar surface area (TPSA) is 50.2 Å². The fourth-order valence-corrected chi connectivity index (χ4v) is 2.12. The monoisotopic (exact) mass is 213 g/mol. The number of carboxylic acid groups (broad SMARTS) is 1. The van der Waals surface area contributed by atoms with Crippen molar-refractivity contribution in [2.75, 3.05) is 0 Å². The van der Waals surface area contributed by atoms with Crippen molar-refractivity contribution >= 4 is 17.3 Å². The first kappa shape index (κ1) is 11.2. The fraction of sp³-hybridized carbons (Fsp3) is 0.600. The molecule has 0 saturated carbocycles. The fourth-order valence-electron chi connectivity index (χ4n) is 1.07. The van der Waals surface area contributed by atoms with Gasteiger partial charge in [0.15, 0.2) is 0 Å². The lowest BCUT2D eigenvalue weighted by atomic mass is 10.1. The quantitative estimate of drug-likeness (QED) is 0.836. The minimum Gasteiger partial charge on any atom is -0.481 e. The number of rotatable bonds is 4. The van der Waals surface area contributed by atoms with Crippen LogP contribution in [-0.2, 0) is 11.2 Å². The van der Waals surface area contributed by atoms with Crippen LogP contribution in [0.5, 0.6) is 0 Å². The average Bonchev–Trinajstić information content (AvgIpc) is 2.52. The van der Waals surface area contributed by atoms with Crippen molar-refractivity contribution in [3.8, 4) is 0 Å². The maximum absolute atomic E-state index is 10.6. The molecule has 0 aromatic carbocycles. The highest BCUT2D eigenvalue weighted by molar-refractivity contribution is 7.11. The van der Waals surface area contributed by atoms with Crippen molar-refractivity contribution in [2.24, 2.45) is 5.92 Å². The number of aliphatic carboxylic acids is 1. The smallest absolute Gasteiger partial charge is 0.306 e. The van der Waals surface area contributed by atoms with Crippen LogP contribution >= 0.6 is 11.3 Å². The summed E-state index contributed by atoms with van der Waals surface area (Å²) in [7, 11) is 0. The summed E-state index contributed by atoms with van der Waals surface area (Å²) >= 11 is 1.61. The lowest BCUT2D eigenvalue weighted by molar-refractivity contribution is -0.141. The van der Waals surface area contributed by atoms with Crippen molar-refractivity contribution in [1.29, 1.82) is 0 Å². The Kier molecular flexibility index (Phi) is 3.63. The molecule has 1 rings (SSSR count). The van der Waals surface area contributed by atoms with Gasteiger partial charge in [-0.3, -0.25) is 4.79 Å². The number of hydrogen-bond donors (Lipinski definition) is 1. The summed E-state index contributed by atoms with van der Waals surface area (Å²) in [5, 5.41) is 9.82. The highest BCUT2D eigenvalue weighted by atomic mass is 32.1. The molecule has 1 unspecified atom stereocenters. The van der Waals surface area contributed by atoms with E-state index in [0.29, 0.717) is 12.3 Å². The number of aromatic nitrogens is 1. The Bertz CT molecular complexity index is 320. The molecule has 0 amide bonds. The zero-order valence-electron chi connectivity index (χ0n) is 8.65. The van der Waals surface area contributed by atoms with E-state index >= 15 is 0 Å². The zero-order valence-corrected chi connectivity index (χ0v) is 9.47. The van der Waals surface area contributed by atoms with Gasteiger partial charge in [0.1, 0.15) is 0 Å². The van der Waals surface area contributed by atoms with Gasteiger partial charge in [-0.15, -0.1) is 11.3 Å². The van der Waals surface area contributed by atoms with Crippen molar-refractivity contribution in [1.82, 2.24) is 4.98 Å². The summed E-state index contributed by atoms with van der Waals surface area (Å²) in [6.07, 6.45) is 2.37. The summed E-state index contributed by atoms with van der Waals surface area (Å²) in [5.74, 6) is -0.645. The third kappa shape index (κ3) is 2.80. The second kappa shape index (κ2) is 4.55. The lowest BCUT2D eigenvalue weighted by Gasteiger charge is -2.02. The molecule has 1 heterocycles. The first-order valence-electron chi connectivity index (χ1n) is 4.68. The molecule has 0 saturated heterocycles. The highest BCUT2D eigenvalue weighted by Crippen LogP contribution is 2.23. The number of nitrogens with zero attached hydrogens (tertiary/aromatic N) is 1. The van der Waals surface area contributed by atoms with E-state index in [9.17, 15) is 4.79 Å². The summed E-state index contributed by atoms with van der Waals surface area (Å²) in [6.45, 7) is 5.89. The number of carboxylic acids is 1. The van der Waals surface area contributed by atoms with E-state index in [1.54, 1.807) is 24.5 Å². The van der Waals surface area contributed by atoms with Crippen LogP contribution in [0.15, 0.2) is 6.20 Å². The Balaban J connectivity index is 2.64. The molecule has 4 heteroatoms. The van der Waals surface area contributed by atoms with Crippen LogP contribution in [0, 0.1) is 5.92 Å². The van der Waals surface area contributed by atoms with Crippen molar-refractivity contribution < 1.29 is 9.90 Å². The molecule has 1 atom stereocenters. The van der Waals surface area contributed by atoms with Gasteiger partial charge >= 0.3 is 5.97 Å². The molecule has 1 aromatic heterocycles. The molecule has 0 aliphatic heterocycles. The molecule has 3 nitrogen and oxygen atoms in total. The Morgan fingerprint density at radius 2 is 2.21 bits per heavy atom. The van der Waals surface area contributed by atoms with Gasteiger partial charge in [-0.05, 0) is 6.42 Å². The van der Waals surface area contributed by atoms with E-state index < -0.39 is 5.97 Å². The number of carbonyl (C=O) groups is 1. The zero-order chi connectivity index (χ0) is 10.7. The maximum atomic E-state index is 10.6. The highest BCUT2D eigenvalue weighted by Gasteiger charge is 2.14. The van der Waals surface area contributed by atoms with Crippen LogP contribution in [0.2, 0.25) is 0 Å². The third-order valence-electron chi connectivity index (χ3n) is 1.99. The second-order valence-electron chi connectivity index (χ2n) is 3.76. The molecule has 0 radical (unpaired) electrons. The SMILES string of the molecule is CC(Cc1cnc(C(C)C)s1)C(=O)O. The van der Waals surface area contributed by atoms with Crippen LogP contribution in [0.1, 0.15) is 36.6 Å². The summed E-state index contributed by atoms with van der Waals surface area (Å²) < 4.78 is 0. The minimum absolute atomic E-state index is 0.324. The van der Waals surface area contributed by atoms with Crippen LogP contribution in [-0.4, -0.2) is 16.1 Å². The van der Waals surface area contributed by atoms with Gasteiger partial charge in [-0.2, -0.15) is 0 Å². The van der Waals surface area contributed by atoms with E-state index in [4.69, 9.17) is 5.11 Å². The predicted octanol–water partition coefficient (Wildman–Crippen LogP) is 2.53. The third-order valence-corrected chi connectivity index (χ3v) is 3.31. The normalized spacial score (nSPS) is 13.1. The van der Waals surface area contributed by atoms with Gasteiger partial charge in [-0.1, -0.05) is 20.8 Å². The van der Waals surface area contributed by atoms with Gasteiger partial charge in [0, 0.05) is 17.0 Å². The molecule has 0 fully saturated rings. The predicted molar refractivity (Wildman–Crippen MR) is 56.7 cm³/mol. The van der Waals surface area contributed by atoms with E-state index in [2.05, 4.69) is 18.8 Å². The van der Waals surface area contributed by atoms with Gasteiger partial charge < -0.3 is 5.11 Å². The van der Waals surface area contributed by atoms with Crippen LogP contribution in [0.25, 0.3) is 0 Å². The average molecular weight is 213 g/mol. The molecule has 78 valence electrons. The Labute approximate surface area is 87.8 Å². The Morgan fingerprint density at radius 3 is 2.64 bits per heavy atom. The van der Waals surface area contributed by atoms with E-state index in [1.165, 1.54) is 0 Å². The maximum Gasteiger partial charge on any atom is 0.306 e. The van der Waals surface area contributed by atoms with Crippen LogP contribution < -0.4 is 0 Å². The Morgan fingerprint density at radius 1 is 1.57 bits per heavy atom. The molecule has 1 aromatic rings. The van der Waals surface area contributed by atoms with Crippen LogP contribution in [0.3, 0.4) is 0 Å². The Hall–Kier alpha value is -0.900. The van der Waals surface area contributed by atoms with Gasteiger partial charge in [-0.25, -0.2) is 4.98 Å². The molecule has 0 spiro atoms. The van der Waals surface area contributed by atoms with Crippen LogP contribution in [0.4, 0.5) is 0 Å². The lowest BCUT2D eigenvalue weighted by Crippen LogP contribution is -2.11. The van der Waals surface area contributed by atoms with E-state index in [1.807, 2.05) is 0 Å². The van der Waals surface area contributed by atoms with E-state index in [0.717, 1.165) is 9.88 Å². The summed E-state index contributed by atoms with van der Waals surface area (Å²) in [4.78, 5) is 15.9. The molecule has 0 bridgehead atoms. The minimum atomic E-state index is -0.746. The van der Waals surface area contributed by atoms with Gasteiger partial charge in [0.05, 0.1) is 10.9 Å². The molecule has 0 aliphatic rings. The van der Waals surface area contributed by atoms with Crippen molar-refractivity contribution in [2.45, 2.75) is 33.1 Å². The largest absolute Gasteiger partial charge is 0.481 e. The standard InChI is InChI=1S/C10H15NO2S/c1-6(2)9-11-5-8(14-9)4-7(3)10(12)13/h5-7H,4H2,1-3H3,(H,12,13). The summed E-state index contributed by atoms with van der Waals surface area (Å²) in [6, 6.07) is 0. The first-order valence-corrected chi connectivity index (χ1v) is 5.49. The van der Waals surface area contributed by atoms with Crippen molar-refractivity contribution in [3.05, 3.63) is 16.1 Å². The molecular weight excluding hydrogens is 198 g/mol. The number of hydrogen-bond acceptors (Lipinski definition) is 3. The van der Waals surface area contributed by atoms with Gasteiger partial charge in [0.25, 0.3) is 0 Å². The van der Waals surface area contributed by atoms with E-state index in [-0.39, 0.29) is 5.92 Å². The second-order valence-corrected chi connectivity index (χ2v) is 4.91. The van der Waals surface area contributed by atoms with Gasteiger partial charge in [0.2, 0.25) is 0 Å². The molecular formula is C10H15NO2S.